The van der Waals surface area contributed by atoms with Gasteiger partial charge in [0.15, 0.2) is 5.75 Å². The molecule has 4 heteroatoms. The third kappa shape index (κ3) is 2.97. The van der Waals surface area contributed by atoms with Gasteiger partial charge in [-0.05, 0) is 42.0 Å². The lowest BCUT2D eigenvalue weighted by molar-refractivity contribution is -0.215. The van der Waals surface area contributed by atoms with E-state index >= 15 is 0 Å². The van der Waals surface area contributed by atoms with Gasteiger partial charge >= 0.3 is 0 Å². The molecule has 0 N–H and O–H groups in total. The van der Waals surface area contributed by atoms with Gasteiger partial charge in [-0.25, -0.2) is 0 Å². The average molecular weight is 350 g/mol. The van der Waals surface area contributed by atoms with Gasteiger partial charge in [0.25, 0.3) is 0 Å². The van der Waals surface area contributed by atoms with Crippen molar-refractivity contribution in [3.8, 4) is 5.75 Å². The molecule has 1 saturated heterocycles. The predicted octanol–water partition coefficient (Wildman–Crippen LogP) is 3.41. The highest BCUT2D eigenvalue weighted by Crippen LogP contribution is 2.35. The number of hydrogen-bond donors (Lipinski definition) is 0. The highest BCUT2D eigenvalue weighted by molar-refractivity contribution is 5.60. The van der Waals surface area contributed by atoms with Gasteiger partial charge in [-0.1, -0.05) is 30.3 Å². The lowest BCUT2D eigenvalue weighted by atomic mass is 10.0. The van der Waals surface area contributed by atoms with Crippen LogP contribution in [0.25, 0.3) is 0 Å². The molecule has 2 aromatic rings. The molecule has 4 nitrogen and oxygen atoms in total. The van der Waals surface area contributed by atoms with Crippen molar-refractivity contribution in [2.24, 2.45) is 0 Å². The molecule has 0 unspecified atom stereocenters. The van der Waals surface area contributed by atoms with E-state index in [4.69, 9.17) is 9.78 Å². The number of rotatable bonds is 3. The Balaban J connectivity index is 1.24. The van der Waals surface area contributed by atoms with E-state index in [0.717, 1.165) is 38.3 Å². The van der Waals surface area contributed by atoms with E-state index in [0.29, 0.717) is 12.5 Å². The van der Waals surface area contributed by atoms with E-state index in [1.165, 1.54) is 30.6 Å². The molecule has 5 rings (SSSR count). The van der Waals surface area contributed by atoms with Crippen LogP contribution in [0.15, 0.2) is 42.5 Å². The number of aryl methyl sites for hydroxylation is 1. The van der Waals surface area contributed by atoms with Crippen LogP contribution in [0.4, 0.5) is 5.69 Å². The van der Waals surface area contributed by atoms with Crippen molar-refractivity contribution in [1.82, 2.24) is 4.90 Å². The van der Waals surface area contributed by atoms with Crippen LogP contribution in [0.3, 0.4) is 0 Å². The third-order valence-electron chi connectivity index (χ3n) is 6.14. The molecule has 0 saturated carbocycles. The summed E-state index contributed by atoms with van der Waals surface area (Å²) < 4.78 is 0. The molecule has 136 valence electrons. The Hall–Kier alpha value is -2.04. The van der Waals surface area contributed by atoms with Gasteiger partial charge in [0.1, 0.15) is 0 Å². The van der Waals surface area contributed by atoms with Gasteiger partial charge in [-0.2, -0.15) is 4.89 Å². The SMILES string of the molecule is c1ccc2c(c1)CC[C@H]2CN1CCN(c2cccc3c2CCOO3)CC1. The minimum absolute atomic E-state index is 0.644. The Kier molecular flexibility index (Phi) is 4.31. The van der Waals surface area contributed by atoms with Gasteiger partial charge in [0.2, 0.25) is 0 Å². The van der Waals surface area contributed by atoms with Crippen LogP contribution >= 0.6 is 0 Å². The molecular formula is C22H26N2O2. The Labute approximate surface area is 155 Å². The van der Waals surface area contributed by atoms with Crippen LogP contribution in [0.5, 0.6) is 5.75 Å². The van der Waals surface area contributed by atoms with Crippen molar-refractivity contribution < 1.29 is 9.78 Å². The molecule has 0 radical (unpaired) electrons. The second-order valence-corrected chi connectivity index (χ2v) is 7.63. The highest BCUT2D eigenvalue weighted by Gasteiger charge is 2.27. The minimum Gasteiger partial charge on any atom is -0.369 e. The zero-order valence-electron chi connectivity index (χ0n) is 15.2. The van der Waals surface area contributed by atoms with Crippen molar-refractivity contribution >= 4 is 5.69 Å². The molecule has 1 aliphatic carbocycles. The monoisotopic (exact) mass is 350 g/mol. The molecule has 0 bridgehead atoms. The summed E-state index contributed by atoms with van der Waals surface area (Å²) in [6, 6.07) is 15.3. The molecule has 1 fully saturated rings. The quantitative estimate of drug-likeness (QED) is 0.792. The summed E-state index contributed by atoms with van der Waals surface area (Å²) in [7, 11) is 0. The third-order valence-corrected chi connectivity index (χ3v) is 6.14. The number of nitrogens with zero attached hydrogens (tertiary/aromatic N) is 2. The first kappa shape index (κ1) is 16.2. The Bertz CT molecular complexity index is 783. The van der Waals surface area contributed by atoms with E-state index in [1.807, 2.05) is 6.07 Å². The van der Waals surface area contributed by atoms with Crippen LogP contribution < -0.4 is 9.79 Å². The second kappa shape index (κ2) is 6.93. The molecule has 0 amide bonds. The molecule has 0 aromatic heterocycles. The number of fused-ring (bicyclic) bond motifs is 2. The fraction of sp³-hybridized carbons (Fsp3) is 0.455. The molecule has 0 spiro atoms. The standard InChI is InChI=1S/C22H26N2O2/c1-2-5-19-17(4-1)8-9-18(19)16-23-11-13-24(14-12-23)21-6-3-7-22-20(21)10-15-25-26-22/h1-7,18H,8-16H2/t18-/m0/s1. The Morgan fingerprint density at radius 1 is 0.923 bits per heavy atom. The summed E-state index contributed by atoms with van der Waals surface area (Å²) in [6.07, 6.45) is 3.49. The number of hydrogen-bond acceptors (Lipinski definition) is 4. The van der Waals surface area contributed by atoms with E-state index in [-0.39, 0.29) is 0 Å². The number of anilines is 1. The topological polar surface area (TPSA) is 24.9 Å². The van der Waals surface area contributed by atoms with Gasteiger partial charge in [0, 0.05) is 50.4 Å². The first-order valence-corrected chi connectivity index (χ1v) is 9.85. The van der Waals surface area contributed by atoms with E-state index in [9.17, 15) is 0 Å². The largest absolute Gasteiger partial charge is 0.369 e. The first-order chi connectivity index (χ1) is 12.9. The second-order valence-electron chi connectivity index (χ2n) is 7.63. The molecule has 26 heavy (non-hydrogen) atoms. The van der Waals surface area contributed by atoms with Crippen molar-refractivity contribution in [3.05, 3.63) is 59.2 Å². The molecule has 2 aromatic carbocycles. The summed E-state index contributed by atoms with van der Waals surface area (Å²) in [5, 5.41) is 0. The Morgan fingerprint density at radius 3 is 2.73 bits per heavy atom. The fourth-order valence-corrected chi connectivity index (χ4v) is 4.75. The van der Waals surface area contributed by atoms with Gasteiger partial charge in [0.05, 0.1) is 6.61 Å². The van der Waals surface area contributed by atoms with Crippen LogP contribution in [0.1, 0.15) is 29.0 Å². The maximum Gasteiger partial charge on any atom is 0.170 e. The highest BCUT2D eigenvalue weighted by atomic mass is 17.2. The predicted molar refractivity (Wildman–Crippen MR) is 103 cm³/mol. The van der Waals surface area contributed by atoms with Crippen molar-refractivity contribution in [2.75, 3.05) is 44.2 Å². The van der Waals surface area contributed by atoms with E-state index < -0.39 is 0 Å². The summed E-state index contributed by atoms with van der Waals surface area (Å²) in [6.45, 7) is 6.30. The number of piperazine rings is 1. The average Bonchev–Trinajstić information content (AvgIpc) is 3.11. The molecular weight excluding hydrogens is 324 g/mol. The van der Waals surface area contributed by atoms with Crippen LogP contribution in [-0.2, 0) is 17.7 Å². The van der Waals surface area contributed by atoms with E-state index in [1.54, 1.807) is 11.1 Å². The van der Waals surface area contributed by atoms with Gasteiger partial charge in [-0.3, -0.25) is 4.90 Å². The van der Waals surface area contributed by atoms with Crippen molar-refractivity contribution in [3.63, 3.8) is 0 Å². The normalized spacial score (nSPS) is 22.6. The zero-order valence-corrected chi connectivity index (χ0v) is 15.2. The summed E-state index contributed by atoms with van der Waals surface area (Å²) in [4.78, 5) is 15.7. The molecule has 3 aliphatic rings. The minimum atomic E-state index is 0.644. The zero-order chi connectivity index (χ0) is 17.3. The first-order valence-electron chi connectivity index (χ1n) is 9.85. The van der Waals surface area contributed by atoms with E-state index in [2.05, 4.69) is 46.2 Å². The van der Waals surface area contributed by atoms with Crippen LogP contribution in [-0.4, -0.2) is 44.2 Å². The smallest absolute Gasteiger partial charge is 0.170 e. The Morgan fingerprint density at radius 2 is 1.81 bits per heavy atom. The fourth-order valence-electron chi connectivity index (χ4n) is 4.75. The summed E-state index contributed by atoms with van der Waals surface area (Å²) >= 11 is 0. The van der Waals surface area contributed by atoms with Crippen LogP contribution in [0, 0.1) is 0 Å². The van der Waals surface area contributed by atoms with Crippen molar-refractivity contribution in [1.29, 1.82) is 0 Å². The number of benzene rings is 2. The summed E-state index contributed by atoms with van der Waals surface area (Å²) in [5.41, 5.74) is 5.78. The van der Waals surface area contributed by atoms with Gasteiger partial charge in [-0.15, -0.1) is 0 Å². The lowest BCUT2D eigenvalue weighted by Gasteiger charge is -2.38. The molecule has 1 atom stereocenters. The maximum atomic E-state index is 5.36. The maximum absolute atomic E-state index is 5.36. The van der Waals surface area contributed by atoms with Crippen molar-refractivity contribution in [2.45, 2.75) is 25.2 Å². The molecule has 2 heterocycles. The molecule has 2 aliphatic heterocycles. The van der Waals surface area contributed by atoms with Crippen LogP contribution in [0.2, 0.25) is 0 Å². The van der Waals surface area contributed by atoms with Gasteiger partial charge < -0.3 is 9.79 Å². The lowest BCUT2D eigenvalue weighted by Crippen LogP contribution is -2.47. The summed E-state index contributed by atoms with van der Waals surface area (Å²) in [5.74, 6) is 1.60.